The molecule has 1 aromatic rings. The number of rotatable bonds is 2. The number of benzene rings is 1. The first-order valence-electron chi connectivity index (χ1n) is 4.85. The quantitative estimate of drug-likeness (QED) is 0.737. The van der Waals surface area contributed by atoms with Gasteiger partial charge in [-0.3, -0.25) is 0 Å². The Morgan fingerprint density at radius 1 is 0.952 bits per heavy atom. The van der Waals surface area contributed by atoms with Gasteiger partial charge >= 0.3 is 18.3 Å². The molecule has 2 N–H and O–H groups in total. The van der Waals surface area contributed by atoms with Gasteiger partial charge in [-0.15, -0.1) is 12.4 Å². The lowest BCUT2D eigenvalue weighted by molar-refractivity contribution is -0.291. The molecule has 0 bridgehead atoms. The third-order valence-electron chi connectivity index (χ3n) is 2.43. The van der Waals surface area contributed by atoms with Crippen molar-refractivity contribution in [1.82, 2.24) is 0 Å². The molecule has 0 aliphatic rings. The van der Waals surface area contributed by atoms with Gasteiger partial charge in [0.15, 0.2) is 0 Å². The van der Waals surface area contributed by atoms with E-state index in [9.17, 15) is 35.1 Å². The fourth-order valence-electron chi connectivity index (χ4n) is 1.33. The summed E-state index contributed by atoms with van der Waals surface area (Å²) in [5.74, 6) is -5.42. The van der Waals surface area contributed by atoms with Crippen molar-refractivity contribution >= 4 is 24.0 Å². The molecule has 0 aromatic heterocycles. The van der Waals surface area contributed by atoms with E-state index in [2.05, 4.69) is 0 Å². The first-order valence-corrected chi connectivity index (χ1v) is 5.23. The number of hydrogen-bond acceptors (Lipinski definition) is 1. The standard InChI is InChI=1S/C10H6ClF8N.ClH/c11-6-2-1-4(9(14,15)16)3-5(6)7(20)8(12,13)10(17,18)19;/h1-3,7H,20H2;1H/t7-;/m0./s1. The van der Waals surface area contributed by atoms with Crippen molar-refractivity contribution in [3.8, 4) is 0 Å². The molecule has 0 aliphatic carbocycles. The normalized spacial score (nSPS) is 14.6. The highest BCUT2D eigenvalue weighted by molar-refractivity contribution is 6.31. The summed E-state index contributed by atoms with van der Waals surface area (Å²) in [6.45, 7) is 0. The average Bonchev–Trinajstić information content (AvgIpc) is 2.25. The molecule has 0 saturated carbocycles. The van der Waals surface area contributed by atoms with E-state index in [4.69, 9.17) is 17.3 Å². The summed E-state index contributed by atoms with van der Waals surface area (Å²) in [6.07, 6.45) is -10.9. The van der Waals surface area contributed by atoms with E-state index in [1.165, 1.54) is 0 Å². The third-order valence-corrected chi connectivity index (χ3v) is 2.77. The van der Waals surface area contributed by atoms with Gasteiger partial charge in [-0.25, -0.2) is 0 Å². The van der Waals surface area contributed by atoms with Crippen molar-refractivity contribution in [2.45, 2.75) is 24.3 Å². The van der Waals surface area contributed by atoms with Crippen molar-refractivity contribution in [3.63, 3.8) is 0 Å². The molecule has 0 fully saturated rings. The second kappa shape index (κ2) is 6.13. The Morgan fingerprint density at radius 2 is 1.43 bits per heavy atom. The van der Waals surface area contributed by atoms with E-state index < -0.39 is 40.5 Å². The first kappa shape index (κ1) is 20.2. The molecule has 0 saturated heterocycles. The summed E-state index contributed by atoms with van der Waals surface area (Å²) in [5.41, 5.74) is 2.19. The van der Waals surface area contributed by atoms with Crippen LogP contribution >= 0.6 is 24.0 Å². The lowest BCUT2D eigenvalue weighted by atomic mass is 9.98. The highest BCUT2D eigenvalue weighted by atomic mass is 35.5. The first-order chi connectivity index (χ1) is 8.78. The summed E-state index contributed by atoms with van der Waals surface area (Å²) in [7, 11) is 0. The van der Waals surface area contributed by atoms with Crippen molar-refractivity contribution < 1.29 is 35.1 Å². The molecule has 1 rings (SSSR count). The highest BCUT2D eigenvalue weighted by Crippen LogP contribution is 2.45. The van der Waals surface area contributed by atoms with E-state index in [1.54, 1.807) is 0 Å². The van der Waals surface area contributed by atoms with Crippen LogP contribution in [0.25, 0.3) is 0 Å². The zero-order valence-corrected chi connectivity index (χ0v) is 11.3. The van der Waals surface area contributed by atoms with Gasteiger partial charge in [0.05, 0.1) is 5.56 Å². The summed E-state index contributed by atoms with van der Waals surface area (Å²) in [6, 6.07) is -1.96. The van der Waals surface area contributed by atoms with E-state index in [0.29, 0.717) is 12.1 Å². The van der Waals surface area contributed by atoms with Crippen LogP contribution in [0.5, 0.6) is 0 Å². The summed E-state index contributed by atoms with van der Waals surface area (Å²) < 4.78 is 99.7. The summed E-state index contributed by atoms with van der Waals surface area (Å²) in [5, 5.41) is -0.713. The van der Waals surface area contributed by atoms with Crippen LogP contribution in [0.15, 0.2) is 18.2 Å². The van der Waals surface area contributed by atoms with Gasteiger partial charge in [-0.2, -0.15) is 35.1 Å². The van der Waals surface area contributed by atoms with Crippen molar-refractivity contribution in [3.05, 3.63) is 34.3 Å². The molecule has 11 heteroatoms. The molecule has 0 spiro atoms. The highest BCUT2D eigenvalue weighted by Gasteiger charge is 2.62. The third kappa shape index (κ3) is 4.10. The predicted molar refractivity (Wildman–Crippen MR) is 61.6 cm³/mol. The van der Waals surface area contributed by atoms with Gasteiger partial charge in [0.1, 0.15) is 6.04 Å². The molecule has 1 atom stereocenters. The van der Waals surface area contributed by atoms with Gasteiger partial charge in [-0.1, -0.05) is 11.6 Å². The number of hydrogen-bond donors (Lipinski definition) is 1. The molecule has 21 heavy (non-hydrogen) atoms. The minimum atomic E-state index is -6.01. The molecule has 0 aliphatic heterocycles. The monoisotopic (exact) mass is 363 g/mol. The maximum absolute atomic E-state index is 13.0. The van der Waals surface area contributed by atoms with Gasteiger partial charge < -0.3 is 5.73 Å². The van der Waals surface area contributed by atoms with Gasteiger partial charge in [0.25, 0.3) is 0 Å². The summed E-state index contributed by atoms with van der Waals surface area (Å²) >= 11 is 5.35. The number of alkyl halides is 8. The molecule has 0 heterocycles. The molecule has 122 valence electrons. The second-order valence-electron chi connectivity index (χ2n) is 3.83. The van der Waals surface area contributed by atoms with Crippen LogP contribution in [0.4, 0.5) is 35.1 Å². The molecule has 1 nitrogen and oxygen atoms in total. The lowest BCUT2D eigenvalue weighted by Crippen LogP contribution is -2.46. The van der Waals surface area contributed by atoms with Crippen LogP contribution in [-0.2, 0) is 6.18 Å². The van der Waals surface area contributed by atoms with E-state index in [-0.39, 0.29) is 18.5 Å². The molecular weight excluding hydrogens is 357 g/mol. The maximum atomic E-state index is 13.0. The van der Waals surface area contributed by atoms with E-state index in [1.807, 2.05) is 0 Å². The molecule has 0 amide bonds. The Hall–Kier alpha value is -0.800. The second-order valence-corrected chi connectivity index (χ2v) is 4.24. The van der Waals surface area contributed by atoms with Crippen LogP contribution in [-0.4, -0.2) is 12.1 Å². The van der Waals surface area contributed by atoms with Crippen LogP contribution in [0.1, 0.15) is 17.2 Å². The van der Waals surface area contributed by atoms with E-state index >= 15 is 0 Å². The number of halogens is 10. The minimum Gasteiger partial charge on any atom is -0.319 e. The van der Waals surface area contributed by atoms with Crippen molar-refractivity contribution in [2.24, 2.45) is 5.73 Å². The zero-order valence-electron chi connectivity index (χ0n) is 9.70. The van der Waals surface area contributed by atoms with Crippen LogP contribution in [0, 0.1) is 0 Å². The SMILES string of the molecule is Cl.N[C@@H](c1cc(C(F)(F)F)ccc1Cl)C(F)(F)C(F)(F)F. The topological polar surface area (TPSA) is 26.0 Å². The lowest BCUT2D eigenvalue weighted by Gasteiger charge is -2.27. The average molecular weight is 364 g/mol. The minimum absolute atomic E-state index is 0. The number of nitrogens with two attached hydrogens (primary N) is 1. The predicted octanol–water partition coefficient (Wildman–Crippen LogP) is 4.98. The Balaban J connectivity index is 0.00000400. The van der Waals surface area contributed by atoms with Crippen molar-refractivity contribution in [2.75, 3.05) is 0 Å². The molecular formula is C10H7Cl2F8N. The zero-order chi connectivity index (χ0) is 15.9. The largest absolute Gasteiger partial charge is 0.455 e. The van der Waals surface area contributed by atoms with Crippen LogP contribution in [0.2, 0.25) is 5.02 Å². The van der Waals surface area contributed by atoms with Gasteiger partial charge in [0, 0.05) is 5.02 Å². The van der Waals surface area contributed by atoms with E-state index in [0.717, 1.165) is 0 Å². The fourth-order valence-corrected chi connectivity index (χ4v) is 1.57. The van der Waals surface area contributed by atoms with Gasteiger partial charge in [-0.05, 0) is 23.8 Å². The Labute approximate surface area is 124 Å². The Bertz CT molecular complexity index is 497. The van der Waals surface area contributed by atoms with Gasteiger partial charge in [0.2, 0.25) is 0 Å². The maximum Gasteiger partial charge on any atom is 0.455 e. The molecule has 0 radical (unpaired) electrons. The molecule has 1 aromatic carbocycles. The van der Waals surface area contributed by atoms with Crippen molar-refractivity contribution in [1.29, 1.82) is 0 Å². The Morgan fingerprint density at radius 3 is 1.81 bits per heavy atom. The smallest absolute Gasteiger partial charge is 0.319 e. The Kier molecular flexibility index (Phi) is 5.90. The van der Waals surface area contributed by atoms with Crippen LogP contribution in [0.3, 0.4) is 0 Å². The molecule has 0 unspecified atom stereocenters. The summed E-state index contributed by atoms with van der Waals surface area (Å²) in [4.78, 5) is 0. The fraction of sp³-hybridized carbons (Fsp3) is 0.400. The van der Waals surface area contributed by atoms with Crippen LogP contribution < -0.4 is 5.73 Å².